The van der Waals surface area contributed by atoms with Crippen LogP contribution < -0.4 is 0 Å². The number of hydrogen-bond acceptors (Lipinski definition) is 15. The molecule has 8 aliphatic rings. The van der Waals surface area contributed by atoms with Crippen LogP contribution in [0.3, 0.4) is 0 Å². The molecular formula is C79H84F17NO15S5-2. The molecular weight excluding hydrogens is 1690 g/mol. The van der Waals surface area contributed by atoms with Crippen LogP contribution in [-0.4, -0.2) is 139 Å². The van der Waals surface area contributed by atoms with Crippen molar-refractivity contribution in [3.05, 3.63) is 231 Å². The van der Waals surface area contributed by atoms with Crippen molar-refractivity contribution in [2.24, 2.45) is 34.5 Å². The van der Waals surface area contributed by atoms with E-state index < -0.39 is 187 Å². The third kappa shape index (κ3) is 24.5. The van der Waals surface area contributed by atoms with Crippen molar-refractivity contribution in [2.45, 2.75) is 165 Å². The third-order valence-electron chi connectivity index (χ3n) is 19.8. The second kappa shape index (κ2) is 39.0. The van der Waals surface area contributed by atoms with E-state index >= 15 is 0 Å². The fourth-order valence-electron chi connectivity index (χ4n) is 16.0. The van der Waals surface area contributed by atoms with Gasteiger partial charge in [0.2, 0.25) is 19.6 Å². The van der Waals surface area contributed by atoms with Crippen molar-refractivity contribution in [1.82, 2.24) is 0 Å². The quantitative estimate of drug-likeness (QED) is 0.0137. The van der Waals surface area contributed by atoms with Crippen LogP contribution in [0.5, 0.6) is 0 Å². The van der Waals surface area contributed by atoms with E-state index in [1.54, 1.807) is 60.7 Å². The van der Waals surface area contributed by atoms with Gasteiger partial charge in [-0.1, -0.05) is 91.0 Å². The van der Waals surface area contributed by atoms with E-state index in [0.717, 1.165) is 72.4 Å². The number of aliphatic hydroxyl groups is 2. The Labute approximate surface area is 672 Å². The molecule has 15 rings (SSSR count). The number of nitrogens with zero attached hydrogens (tertiary/aromatic N) is 1. The highest BCUT2D eigenvalue weighted by molar-refractivity contribution is 7.97. The summed E-state index contributed by atoms with van der Waals surface area (Å²) >= 11 is 0. The zero-order chi connectivity index (χ0) is 85.5. The molecule has 117 heavy (non-hydrogen) atoms. The topological polar surface area (TPSA) is 265 Å². The number of rotatable bonds is 20. The molecule has 8 aliphatic carbocycles. The maximum absolute atomic E-state index is 14.3. The van der Waals surface area contributed by atoms with Crippen molar-refractivity contribution in [3.8, 4) is 0 Å². The normalized spacial score (nSPS) is 22.9. The maximum atomic E-state index is 14.3. The van der Waals surface area contributed by atoms with Gasteiger partial charge in [0.15, 0.2) is 99.0 Å². The van der Waals surface area contributed by atoms with E-state index in [0.29, 0.717) is 61.2 Å². The van der Waals surface area contributed by atoms with Gasteiger partial charge < -0.3 is 52.7 Å². The zero-order valence-corrected chi connectivity index (χ0v) is 67.3. The van der Waals surface area contributed by atoms with Gasteiger partial charge in [0.25, 0.3) is 0 Å². The second-order valence-corrected chi connectivity index (χ2v) is 38.1. The number of ether oxygens (including phenoxy) is 2. The average molecular weight is 1770 g/mol. The van der Waals surface area contributed by atoms with Crippen molar-refractivity contribution in [3.63, 3.8) is 0 Å². The van der Waals surface area contributed by atoms with E-state index in [1.807, 2.05) is 0 Å². The molecule has 0 aromatic heterocycles. The third-order valence-corrected chi connectivity index (χ3v) is 26.9. The lowest BCUT2D eigenvalue weighted by Gasteiger charge is -2.58. The summed E-state index contributed by atoms with van der Waals surface area (Å²) in [5.74, 6) is -7.16. The molecule has 7 aromatic rings. The standard InChI is InChI=1S/2C18H11F4S.2C15H21F3O6S.C10H16N.CHF3O3S.2CH3/c2*19-13-8-4-9-14(20)17(13)23(12-6-2-1-3-7-12)18-15(21)10-5-11-16(18)22;2*16-11(15(17,18)25(21,22)23)1-2-24-12(19)13-4-9-3-10(5-13)7-14(20,6-9)8-13;1-11(2,3)9-10-7-5-4-6-8-10;2-1(3,4)8(5,6)7;;/h2*1-11H;2*9-11,20H,1-8H2,(H,21,22,23);4-8H,9H2,1-3H3;(H,5,6,7);2*1H3/q2*+1;;;+1;;2*-1/p-3. The molecule has 6 atom stereocenters. The van der Waals surface area contributed by atoms with E-state index in [2.05, 4.69) is 51.5 Å². The van der Waals surface area contributed by atoms with Gasteiger partial charge >= 0.3 is 28.0 Å². The molecule has 0 radical (unpaired) electrons. The Kier molecular flexibility index (Phi) is 32.8. The first kappa shape index (κ1) is 98.4. The molecule has 16 nitrogen and oxygen atoms in total. The number of benzene rings is 7. The van der Waals surface area contributed by atoms with E-state index in [4.69, 9.17) is 22.4 Å². The van der Waals surface area contributed by atoms with E-state index in [1.165, 1.54) is 29.8 Å². The van der Waals surface area contributed by atoms with Crippen molar-refractivity contribution < 1.29 is 147 Å². The largest absolute Gasteiger partial charge is 0.743 e. The van der Waals surface area contributed by atoms with Gasteiger partial charge in [-0.05, 0) is 174 Å². The first-order chi connectivity index (χ1) is 53.3. The lowest BCUT2D eigenvalue weighted by atomic mass is 9.48. The molecule has 38 heteroatoms. The summed E-state index contributed by atoms with van der Waals surface area (Å²) in [6.45, 7) is -0.401. The van der Waals surface area contributed by atoms with Gasteiger partial charge in [0, 0.05) is 18.4 Å². The molecule has 0 saturated heterocycles. The Morgan fingerprint density at radius 1 is 0.427 bits per heavy atom. The minimum Gasteiger partial charge on any atom is -0.743 e. The molecule has 0 aliphatic heterocycles. The van der Waals surface area contributed by atoms with Crippen LogP contribution in [0.1, 0.15) is 95.5 Å². The summed E-state index contributed by atoms with van der Waals surface area (Å²) in [7, 11) is -14.9. The van der Waals surface area contributed by atoms with Crippen LogP contribution in [0.15, 0.2) is 193 Å². The van der Waals surface area contributed by atoms with Gasteiger partial charge in [0.1, 0.15) is 28.3 Å². The molecule has 8 saturated carbocycles. The molecule has 6 unspecified atom stereocenters. The summed E-state index contributed by atoms with van der Waals surface area (Å²) < 4.78 is 325. The number of quaternary nitrogens is 1. The second-order valence-electron chi connectivity index (χ2n) is 30.0. The van der Waals surface area contributed by atoms with E-state index in [-0.39, 0.29) is 70.9 Å². The van der Waals surface area contributed by atoms with Crippen molar-refractivity contribution >= 4 is 64.1 Å². The number of alkyl halides is 9. The summed E-state index contributed by atoms with van der Waals surface area (Å²) in [6, 6.07) is 40.6. The fourth-order valence-corrected chi connectivity index (χ4v) is 21.2. The minimum absolute atomic E-state index is 0. The Bertz CT molecular complexity index is 4420. The summed E-state index contributed by atoms with van der Waals surface area (Å²) in [6.07, 6.45) is -1.55. The molecule has 646 valence electrons. The first-order valence-corrected chi connectivity index (χ1v) is 41.9. The lowest BCUT2D eigenvalue weighted by molar-refractivity contribution is -0.884. The smallest absolute Gasteiger partial charge is 0.485 e. The van der Waals surface area contributed by atoms with Gasteiger partial charge in [-0.3, -0.25) is 9.59 Å². The zero-order valence-electron chi connectivity index (χ0n) is 63.2. The fraction of sp³-hybridized carbons (Fsp3) is 0.418. The highest BCUT2D eigenvalue weighted by Gasteiger charge is 2.63. The maximum Gasteiger partial charge on any atom is 0.485 e. The summed E-state index contributed by atoms with van der Waals surface area (Å²) in [5, 5.41) is 11.0. The number of esters is 2. The van der Waals surface area contributed by atoms with E-state index in [9.17, 15) is 120 Å². The molecule has 2 N–H and O–H groups in total. The van der Waals surface area contributed by atoms with Crippen LogP contribution in [-0.2, 0) is 77.8 Å². The summed E-state index contributed by atoms with van der Waals surface area (Å²) in [4.78, 5) is 24.4. The number of hydrogen-bond donors (Lipinski definition) is 2. The Morgan fingerprint density at radius 3 is 0.880 bits per heavy atom. The SMILES string of the molecule is C[N+](C)(C)Cc1ccccc1.Fc1cccc(F)c1[S+](c1ccccc1)c1c(F)cccc1F.Fc1cccc(F)c1[S+](c1ccccc1)c1c(F)cccc1F.O=C(OCCC(F)C(F)(F)S(=O)(=O)[O-])C12CC3CC(CC(O)(C3)C1)C2.O=C(OCCC(F)C(F)(F)S(=O)(=O)[O-])C12CC3CC(CC(O)(C3)C1)C2.O=S(=O)([O-])C(F)(F)F.[CH3-].[CH3-]. The highest BCUT2D eigenvalue weighted by atomic mass is 32.2. The molecule has 8 fully saturated rings. The predicted molar refractivity (Wildman–Crippen MR) is 394 cm³/mol. The molecule has 0 spiro atoms. The molecule has 8 bridgehead atoms. The van der Waals surface area contributed by atoms with Gasteiger partial charge in [-0.2, -0.15) is 30.7 Å². The molecule has 0 heterocycles. The molecule has 7 aromatic carbocycles. The first-order valence-electron chi connectivity index (χ1n) is 35.2. The number of carbonyl (C=O) groups is 2. The van der Waals surface area contributed by atoms with Crippen LogP contribution in [0.4, 0.5) is 74.6 Å². The lowest BCUT2D eigenvalue weighted by Crippen LogP contribution is -2.58. The van der Waals surface area contributed by atoms with Crippen LogP contribution in [0.2, 0.25) is 0 Å². The monoisotopic (exact) mass is 1770 g/mol. The van der Waals surface area contributed by atoms with Crippen LogP contribution in [0.25, 0.3) is 0 Å². The van der Waals surface area contributed by atoms with Crippen molar-refractivity contribution in [1.29, 1.82) is 0 Å². The average Bonchev–Trinajstić information content (AvgIpc) is 0.725. The molecule has 0 amide bonds. The Hall–Kier alpha value is -7.40. The highest BCUT2D eigenvalue weighted by Crippen LogP contribution is 2.63. The summed E-state index contributed by atoms with van der Waals surface area (Å²) in [5.41, 5.74) is -7.81. The van der Waals surface area contributed by atoms with Crippen LogP contribution >= 0.6 is 0 Å². The number of carbonyl (C=O) groups excluding carboxylic acids is 2. The minimum atomic E-state index is -6.13. The number of halogens is 17. The van der Waals surface area contributed by atoms with Gasteiger partial charge in [-0.25, -0.2) is 69.2 Å². The predicted octanol–water partition coefficient (Wildman–Crippen LogP) is 17.0. The Morgan fingerprint density at radius 2 is 0.667 bits per heavy atom. The van der Waals surface area contributed by atoms with Crippen LogP contribution in [0, 0.1) is 95.9 Å². The van der Waals surface area contributed by atoms with Gasteiger partial charge in [-0.15, -0.1) is 0 Å². The van der Waals surface area contributed by atoms with Crippen molar-refractivity contribution in [2.75, 3.05) is 34.4 Å². The van der Waals surface area contributed by atoms with Gasteiger partial charge in [0.05, 0.1) is 56.4 Å². The Balaban J connectivity index is 0.000000224.